The minimum Gasteiger partial charge on any atom is -0.458 e. The molecule has 1 rings (SSSR count). The Morgan fingerprint density at radius 2 is 1.54 bits per heavy atom. The number of nitrogens with one attached hydrogen (secondary N) is 2. The van der Waals surface area contributed by atoms with Crippen LogP contribution in [-0.4, -0.2) is 35.9 Å². The van der Waals surface area contributed by atoms with E-state index in [9.17, 15) is 9.59 Å². The number of carbonyl (C=O) groups excluding carboxylic acids is 2. The number of amides is 1. The van der Waals surface area contributed by atoms with Crippen LogP contribution in [0.1, 0.15) is 66.4 Å². The molecule has 0 aliphatic rings. The quantitative estimate of drug-likeness (QED) is 0.487. The van der Waals surface area contributed by atoms with Crippen LogP contribution in [-0.2, 0) is 20.8 Å². The fourth-order valence-corrected chi connectivity index (χ4v) is 2.50. The molecule has 1 atom stereocenters. The number of hydrogen-bond acceptors (Lipinski definition) is 5. The van der Waals surface area contributed by atoms with Crippen molar-refractivity contribution in [2.24, 2.45) is 0 Å². The Labute approximate surface area is 169 Å². The number of benzene rings is 1. The highest BCUT2D eigenvalue weighted by atomic mass is 16.6. The molecule has 0 spiro atoms. The first-order chi connectivity index (χ1) is 13.0. The van der Waals surface area contributed by atoms with Crippen molar-refractivity contribution in [1.82, 2.24) is 10.6 Å². The zero-order valence-electron chi connectivity index (χ0n) is 18.1. The third kappa shape index (κ3) is 11.6. The van der Waals surface area contributed by atoms with Crippen molar-refractivity contribution in [3.05, 3.63) is 35.9 Å². The van der Waals surface area contributed by atoms with E-state index in [2.05, 4.69) is 22.8 Å². The molecule has 0 radical (unpaired) electrons. The van der Waals surface area contributed by atoms with E-state index in [1.54, 1.807) is 20.8 Å². The van der Waals surface area contributed by atoms with Gasteiger partial charge in [-0.3, -0.25) is 0 Å². The largest absolute Gasteiger partial charge is 0.458 e. The predicted molar refractivity (Wildman–Crippen MR) is 111 cm³/mol. The maximum atomic E-state index is 12.5. The second-order valence-electron chi connectivity index (χ2n) is 8.89. The average molecular weight is 393 g/mol. The lowest BCUT2D eigenvalue weighted by Gasteiger charge is -2.26. The molecule has 0 aliphatic carbocycles. The highest BCUT2D eigenvalue weighted by molar-refractivity contribution is 5.81. The molecule has 158 valence electrons. The topological polar surface area (TPSA) is 76.7 Å². The van der Waals surface area contributed by atoms with E-state index in [0.717, 1.165) is 25.9 Å². The highest BCUT2D eigenvalue weighted by Gasteiger charge is 2.28. The molecular formula is C22H36N2O4. The van der Waals surface area contributed by atoms with Gasteiger partial charge < -0.3 is 20.1 Å². The smallest absolute Gasteiger partial charge is 0.408 e. The van der Waals surface area contributed by atoms with Gasteiger partial charge in [0.2, 0.25) is 0 Å². The maximum absolute atomic E-state index is 12.5. The molecule has 0 saturated heterocycles. The van der Waals surface area contributed by atoms with Crippen LogP contribution in [0.4, 0.5) is 4.79 Å². The third-order valence-electron chi connectivity index (χ3n) is 3.65. The van der Waals surface area contributed by atoms with Crippen molar-refractivity contribution in [2.75, 3.05) is 6.54 Å². The van der Waals surface area contributed by atoms with Crippen molar-refractivity contribution in [3.8, 4) is 0 Å². The van der Waals surface area contributed by atoms with Gasteiger partial charge >= 0.3 is 12.1 Å². The number of rotatable bonds is 9. The molecule has 0 unspecified atom stereocenters. The monoisotopic (exact) mass is 392 g/mol. The number of alkyl carbamates (subject to hydrolysis) is 1. The molecule has 1 amide bonds. The second kappa shape index (κ2) is 11.1. The van der Waals surface area contributed by atoms with E-state index in [4.69, 9.17) is 9.47 Å². The summed E-state index contributed by atoms with van der Waals surface area (Å²) < 4.78 is 10.7. The van der Waals surface area contributed by atoms with Crippen LogP contribution >= 0.6 is 0 Å². The van der Waals surface area contributed by atoms with E-state index in [-0.39, 0.29) is 0 Å². The van der Waals surface area contributed by atoms with E-state index in [1.807, 2.05) is 39.0 Å². The van der Waals surface area contributed by atoms with Gasteiger partial charge in [0, 0.05) is 6.54 Å². The van der Waals surface area contributed by atoms with Gasteiger partial charge in [0.05, 0.1) is 0 Å². The standard InChI is InChI=1S/C22H36N2O4/c1-21(2,3)27-19(25)18(24-20(26)28-22(4,5)6)14-10-11-15-23-16-17-12-8-7-9-13-17/h7-9,12-13,18,23H,10-11,14-16H2,1-6H3,(H,24,26)/t18-/m0/s1. The van der Waals surface area contributed by atoms with Crippen molar-refractivity contribution >= 4 is 12.1 Å². The van der Waals surface area contributed by atoms with E-state index < -0.39 is 29.3 Å². The molecule has 0 saturated carbocycles. The van der Waals surface area contributed by atoms with Gasteiger partial charge in [-0.2, -0.15) is 0 Å². The molecule has 0 aliphatic heterocycles. The number of ether oxygens (including phenoxy) is 2. The molecule has 0 heterocycles. The fraction of sp³-hybridized carbons (Fsp3) is 0.636. The summed E-state index contributed by atoms with van der Waals surface area (Å²) in [7, 11) is 0. The van der Waals surface area contributed by atoms with E-state index in [1.165, 1.54) is 5.56 Å². The van der Waals surface area contributed by atoms with Crippen LogP contribution in [0.5, 0.6) is 0 Å². The van der Waals surface area contributed by atoms with Crippen LogP contribution in [0.2, 0.25) is 0 Å². The lowest BCUT2D eigenvalue weighted by Crippen LogP contribution is -2.46. The Hall–Kier alpha value is -2.08. The van der Waals surface area contributed by atoms with Gasteiger partial charge in [-0.05, 0) is 72.9 Å². The molecule has 0 bridgehead atoms. The Morgan fingerprint density at radius 1 is 0.929 bits per heavy atom. The fourth-order valence-electron chi connectivity index (χ4n) is 2.50. The normalized spacial score (nSPS) is 12.9. The van der Waals surface area contributed by atoms with E-state index in [0.29, 0.717) is 6.42 Å². The van der Waals surface area contributed by atoms with Crippen molar-refractivity contribution in [2.45, 2.75) is 84.6 Å². The lowest BCUT2D eigenvalue weighted by atomic mass is 10.1. The summed E-state index contributed by atoms with van der Waals surface area (Å²) in [6, 6.07) is 9.48. The molecule has 2 N–H and O–H groups in total. The van der Waals surface area contributed by atoms with E-state index >= 15 is 0 Å². The minimum atomic E-state index is -0.719. The summed E-state index contributed by atoms with van der Waals surface area (Å²) in [6.45, 7) is 12.4. The van der Waals surface area contributed by atoms with Gasteiger partial charge in [0.1, 0.15) is 17.2 Å². The molecule has 1 aromatic carbocycles. The molecular weight excluding hydrogens is 356 g/mol. The van der Waals surface area contributed by atoms with Crippen molar-refractivity contribution in [3.63, 3.8) is 0 Å². The van der Waals surface area contributed by atoms with Crippen LogP contribution in [0.25, 0.3) is 0 Å². The Kier molecular flexibility index (Phi) is 9.46. The van der Waals surface area contributed by atoms with Gasteiger partial charge in [0.15, 0.2) is 0 Å². The molecule has 6 nitrogen and oxygen atoms in total. The summed E-state index contributed by atoms with van der Waals surface area (Å²) in [5.41, 5.74) is 0.00673. The number of esters is 1. The van der Waals surface area contributed by atoms with Crippen LogP contribution in [0, 0.1) is 0 Å². The molecule has 1 aromatic rings. The summed E-state index contributed by atoms with van der Waals surface area (Å²) in [6.07, 6.45) is 1.57. The van der Waals surface area contributed by atoms with Gasteiger partial charge in [0.25, 0.3) is 0 Å². The van der Waals surface area contributed by atoms with Crippen LogP contribution in [0.3, 0.4) is 0 Å². The second-order valence-corrected chi connectivity index (χ2v) is 8.89. The Balaban J connectivity index is 2.45. The Morgan fingerprint density at radius 3 is 2.11 bits per heavy atom. The lowest BCUT2D eigenvalue weighted by molar-refractivity contribution is -0.157. The zero-order valence-corrected chi connectivity index (χ0v) is 18.1. The zero-order chi connectivity index (χ0) is 21.2. The minimum absolute atomic E-state index is 0.435. The summed E-state index contributed by atoms with van der Waals surface area (Å²) in [4.78, 5) is 24.5. The number of hydrogen-bond donors (Lipinski definition) is 2. The SMILES string of the molecule is CC(C)(C)OC(=O)N[C@@H](CCCCNCc1ccccc1)C(=O)OC(C)(C)C. The summed E-state index contributed by atoms with van der Waals surface area (Å²) >= 11 is 0. The maximum Gasteiger partial charge on any atom is 0.408 e. The first-order valence-electron chi connectivity index (χ1n) is 9.93. The van der Waals surface area contributed by atoms with Crippen molar-refractivity contribution in [1.29, 1.82) is 0 Å². The Bertz CT molecular complexity index is 603. The first-order valence-corrected chi connectivity index (χ1v) is 9.93. The average Bonchev–Trinajstić information content (AvgIpc) is 2.54. The van der Waals surface area contributed by atoms with Gasteiger partial charge in [-0.25, -0.2) is 9.59 Å². The van der Waals surface area contributed by atoms with Crippen LogP contribution in [0.15, 0.2) is 30.3 Å². The third-order valence-corrected chi connectivity index (χ3v) is 3.65. The highest BCUT2D eigenvalue weighted by Crippen LogP contribution is 2.13. The van der Waals surface area contributed by atoms with Crippen LogP contribution < -0.4 is 10.6 Å². The van der Waals surface area contributed by atoms with Crippen molar-refractivity contribution < 1.29 is 19.1 Å². The number of unbranched alkanes of at least 4 members (excludes halogenated alkanes) is 1. The number of carbonyl (C=O) groups is 2. The summed E-state index contributed by atoms with van der Waals surface area (Å²) in [5.74, 6) is -0.435. The molecule has 28 heavy (non-hydrogen) atoms. The molecule has 6 heteroatoms. The molecule has 0 fully saturated rings. The van der Waals surface area contributed by atoms with Gasteiger partial charge in [-0.15, -0.1) is 0 Å². The molecule has 0 aromatic heterocycles. The van der Waals surface area contributed by atoms with Gasteiger partial charge in [-0.1, -0.05) is 30.3 Å². The predicted octanol–water partition coefficient (Wildman–Crippen LogP) is 4.18. The summed E-state index contributed by atoms with van der Waals surface area (Å²) in [5, 5.41) is 6.04. The first kappa shape index (κ1) is 24.0.